The van der Waals surface area contributed by atoms with Gasteiger partial charge in [-0.3, -0.25) is 0 Å². The number of anilines is 2. The van der Waals surface area contributed by atoms with Crippen molar-refractivity contribution in [3.63, 3.8) is 0 Å². The Kier molecular flexibility index (Phi) is 5.80. The van der Waals surface area contributed by atoms with Gasteiger partial charge >= 0.3 is 0 Å². The molecule has 5 nitrogen and oxygen atoms in total. The Balaban J connectivity index is 1.37. The number of nitrogens with one attached hydrogen (secondary N) is 2. The number of nitrogens with zero attached hydrogens (tertiary/aromatic N) is 3. The molecule has 0 aliphatic carbocycles. The van der Waals surface area contributed by atoms with Crippen molar-refractivity contribution >= 4 is 62.9 Å². The van der Waals surface area contributed by atoms with Crippen molar-refractivity contribution in [2.24, 2.45) is 0 Å². The molecule has 2 heterocycles. The smallest absolute Gasteiger partial charge is 0.170 e. The van der Waals surface area contributed by atoms with Crippen molar-refractivity contribution in [2.75, 3.05) is 23.3 Å². The number of rotatable bonds is 3. The second-order valence-electron chi connectivity index (χ2n) is 6.73. The van der Waals surface area contributed by atoms with Crippen LogP contribution >= 0.6 is 35.4 Å². The first-order valence-electron chi connectivity index (χ1n) is 9.07. The van der Waals surface area contributed by atoms with Crippen molar-refractivity contribution < 1.29 is 0 Å². The van der Waals surface area contributed by atoms with E-state index in [0.29, 0.717) is 21.2 Å². The number of aromatic nitrogens is 2. The largest absolute Gasteiger partial charge is 0.360 e. The molecule has 0 unspecified atom stereocenters. The zero-order valence-corrected chi connectivity index (χ0v) is 17.4. The molecule has 1 aromatic heterocycles. The van der Waals surface area contributed by atoms with E-state index in [1.807, 2.05) is 42.5 Å². The summed E-state index contributed by atoms with van der Waals surface area (Å²) >= 11 is 17.5. The van der Waals surface area contributed by atoms with Crippen molar-refractivity contribution in [2.45, 2.75) is 18.9 Å². The zero-order valence-electron chi connectivity index (χ0n) is 15.0. The standard InChI is InChI=1S/C20H19Cl2N5S/c21-13-2-1-3-16(10-13)26-20(28)25-15-6-8-27(9-7-15)19-17-5-4-14(22)11-18(17)23-12-24-19/h1-5,10-12,15H,6-9H2,(H2,25,26,28). The molecule has 1 fully saturated rings. The van der Waals surface area contributed by atoms with Gasteiger partial charge in [-0.1, -0.05) is 29.3 Å². The Morgan fingerprint density at radius 2 is 1.82 bits per heavy atom. The summed E-state index contributed by atoms with van der Waals surface area (Å²) in [5.41, 5.74) is 1.75. The molecule has 4 rings (SSSR count). The molecular formula is C20H19Cl2N5S. The van der Waals surface area contributed by atoms with Crippen LogP contribution in [0.5, 0.6) is 0 Å². The molecule has 1 saturated heterocycles. The normalized spacial score (nSPS) is 14.9. The highest BCUT2D eigenvalue weighted by Gasteiger charge is 2.22. The fourth-order valence-electron chi connectivity index (χ4n) is 3.42. The number of halogens is 2. The lowest BCUT2D eigenvalue weighted by Gasteiger charge is -2.34. The maximum absolute atomic E-state index is 6.08. The van der Waals surface area contributed by atoms with Crippen molar-refractivity contribution in [3.05, 3.63) is 58.8 Å². The third kappa shape index (κ3) is 4.46. The van der Waals surface area contributed by atoms with Crippen LogP contribution in [0.15, 0.2) is 48.8 Å². The minimum absolute atomic E-state index is 0.318. The molecule has 1 aliphatic heterocycles. The van der Waals surface area contributed by atoms with E-state index in [1.54, 1.807) is 6.33 Å². The quantitative estimate of drug-likeness (QED) is 0.575. The average molecular weight is 432 g/mol. The molecule has 0 radical (unpaired) electrons. The number of benzene rings is 2. The Morgan fingerprint density at radius 1 is 1.04 bits per heavy atom. The predicted molar refractivity (Wildman–Crippen MR) is 121 cm³/mol. The number of piperidine rings is 1. The van der Waals surface area contributed by atoms with Gasteiger partial charge < -0.3 is 15.5 Å². The number of hydrogen-bond acceptors (Lipinski definition) is 4. The number of hydrogen-bond donors (Lipinski definition) is 2. The van der Waals surface area contributed by atoms with Gasteiger partial charge in [0.1, 0.15) is 12.1 Å². The summed E-state index contributed by atoms with van der Waals surface area (Å²) in [5.74, 6) is 0.958. The van der Waals surface area contributed by atoms with E-state index in [0.717, 1.165) is 48.3 Å². The summed E-state index contributed by atoms with van der Waals surface area (Å²) < 4.78 is 0. The predicted octanol–water partition coefficient (Wildman–Crippen LogP) is 4.89. The van der Waals surface area contributed by atoms with Crippen LogP contribution in [0.25, 0.3) is 10.9 Å². The van der Waals surface area contributed by atoms with Gasteiger partial charge in [-0.15, -0.1) is 0 Å². The molecule has 144 valence electrons. The van der Waals surface area contributed by atoms with Gasteiger partial charge in [-0.25, -0.2) is 9.97 Å². The fraction of sp³-hybridized carbons (Fsp3) is 0.250. The average Bonchev–Trinajstić information content (AvgIpc) is 2.68. The molecule has 2 aromatic carbocycles. The van der Waals surface area contributed by atoms with E-state index in [-0.39, 0.29) is 0 Å². The third-order valence-corrected chi connectivity index (χ3v) is 5.48. The molecule has 0 spiro atoms. The van der Waals surface area contributed by atoms with E-state index in [4.69, 9.17) is 35.4 Å². The monoisotopic (exact) mass is 431 g/mol. The first kappa shape index (κ1) is 19.2. The molecule has 0 amide bonds. The lowest BCUT2D eigenvalue weighted by molar-refractivity contribution is 0.466. The summed E-state index contributed by atoms with van der Waals surface area (Å²) in [6, 6.07) is 13.6. The summed E-state index contributed by atoms with van der Waals surface area (Å²) in [6.07, 6.45) is 3.54. The Morgan fingerprint density at radius 3 is 2.61 bits per heavy atom. The SMILES string of the molecule is S=C(Nc1cccc(Cl)c1)NC1CCN(c2ncnc3cc(Cl)ccc23)CC1. The maximum Gasteiger partial charge on any atom is 0.170 e. The highest BCUT2D eigenvalue weighted by atomic mass is 35.5. The maximum atomic E-state index is 6.08. The van der Waals surface area contributed by atoms with Crippen molar-refractivity contribution in [3.8, 4) is 0 Å². The van der Waals surface area contributed by atoms with Crippen molar-refractivity contribution in [1.29, 1.82) is 0 Å². The molecule has 2 N–H and O–H groups in total. The Hall–Kier alpha value is -2.15. The fourth-order valence-corrected chi connectivity index (χ4v) is 4.06. The van der Waals surface area contributed by atoms with Crippen LogP contribution in [0.3, 0.4) is 0 Å². The lowest BCUT2D eigenvalue weighted by atomic mass is 10.0. The minimum atomic E-state index is 0.318. The highest BCUT2D eigenvalue weighted by Crippen LogP contribution is 2.27. The number of thiocarbonyl (C=S) groups is 1. The Bertz CT molecular complexity index is 1000. The van der Waals surface area contributed by atoms with Crippen LogP contribution in [0.2, 0.25) is 10.0 Å². The van der Waals surface area contributed by atoms with Crippen molar-refractivity contribution in [1.82, 2.24) is 15.3 Å². The van der Waals surface area contributed by atoms with Gasteiger partial charge in [0, 0.05) is 40.3 Å². The van der Waals surface area contributed by atoms with E-state index in [1.165, 1.54) is 0 Å². The minimum Gasteiger partial charge on any atom is -0.360 e. The topological polar surface area (TPSA) is 53.1 Å². The Labute approximate surface area is 179 Å². The molecule has 0 saturated carbocycles. The van der Waals surface area contributed by atoms with Gasteiger partial charge in [0.2, 0.25) is 0 Å². The van der Waals surface area contributed by atoms with Gasteiger partial charge in [0.15, 0.2) is 5.11 Å². The molecule has 3 aromatic rings. The van der Waals surface area contributed by atoms with Crippen LogP contribution in [0.1, 0.15) is 12.8 Å². The second-order valence-corrected chi connectivity index (χ2v) is 8.01. The summed E-state index contributed by atoms with van der Waals surface area (Å²) in [7, 11) is 0. The van der Waals surface area contributed by atoms with Crippen LogP contribution in [-0.2, 0) is 0 Å². The third-order valence-electron chi connectivity index (χ3n) is 4.79. The molecular weight excluding hydrogens is 413 g/mol. The van der Waals surface area contributed by atoms with Gasteiger partial charge in [0.25, 0.3) is 0 Å². The molecule has 8 heteroatoms. The van der Waals surface area contributed by atoms with Crippen LogP contribution in [-0.4, -0.2) is 34.2 Å². The van der Waals surface area contributed by atoms with Gasteiger partial charge in [-0.05, 0) is 61.5 Å². The van der Waals surface area contributed by atoms with Gasteiger partial charge in [-0.2, -0.15) is 0 Å². The first-order chi connectivity index (χ1) is 13.6. The molecule has 0 bridgehead atoms. The highest BCUT2D eigenvalue weighted by molar-refractivity contribution is 7.80. The summed E-state index contributed by atoms with van der Waals surface area (Å²) in [5, 5.41) is 9.59. The number of fused-ring (bicyclic) bond motifs is 1. The van der Waals surface area contributed by atoms with Gasteiger partial charge in [0.05, 0.1) is 5.52 Å². The second kappa shape index (κ2) is 8.47. The van der Waals surface area contributed by atoms with Crippen LogP contribution < -0.4 is 15.5 Å². The lowest BCUT2D eigenvalue weighted by Crippen LogP contribution is -2.46. The van der Waals surface area contributed by atoms with Crippen LogP contribution in [0.4, 0.5) is 11.5 Å². The first-order valence-corrected chi connectivity index (χ1v) is 10.2. The van der Waals surface area contributed by atoms with E-state index >= 15 is 0 Å². The van der Waals surface area contributed by atoms with E-state index < -0.39 is 0 Å². The molecule has 0 atom stereocenters. The zero-order chi connectivity index (χ0) is 19.5. The summed E-state index contributed by atoms with van der Waals surface area (Å²) in [6.45, 7) is 1.79. The molecule has 1 aliphatic rings. The van der Waals surface area contributed by atoms with E-state index in [9.17, 15) is 0 Å². The van der Waals surface area contributed by atoms with E-state index in [2.05, 4.69) is 25.5 Å². The van der Waals surface area contributed by atoms with Crippen LogP contribution in [0, 0.1) is 0 Å². The summed E-state index contributed by atoms with van der Waals surface area (Å²) in [4.78, 5) is 11.1. The molecule has 28 heavy (non-hydrogen) atoms.